The van der Waals surface area contributed by atoms with Crippen molar-refractivity contribution in [2.75, 3.05) is 39.4 Å². The second-order valence-electron chi connectivity index (χ2n) is 6.50. The van der Waals surface area contributed by atoms with Crippen LogP contribution in [0, 0.1) is 5.92 Å². The van der Waals surface area contributed by atoms with E-state index in [0.717, 1.165) is 77.4 Å². The number of rotatable bonds is 4. The van der Waals surface area contributed by atoms with Crippen molar-refractivity contribution in [3.8, 4) is 0 Å². The molecule has 3 heterocycles. The van der Waals surface area contributed by atoms with Crippen molar-refractivity contribution in [3.63, 3.8) is 0 Å². The van der Waals surface area contributed by atoms with Gasteiger partial charge in [0.2, 0.25) is 5.91 Å². The van der Waals surface area contributed by atoms with Crippen LogP contribution in [0.5, 0.6) is 0 Å². The van der Waals surface area contributed by atoms with Gasteiger partial charge in [0.1, 0.15) is 0 Å². The van der Waals surface area contributed by atoms with Crippen molar-refractivity contribution >= 4 is 5.91 Å². The molecule has 0 N–H and O–H groups in total. The highest BCUT2D eigenvalue weighted by Gasteiger charge is 2.27. The van der Waals surface area contributed by atoms with E-state index in [9.17, 15) is 4.79 Å². The number of nitrogens with zero attached hydrogens (tertiary/aromatic N) is 4. The van der Waals surface area contributed by atoms with Crippen LogP contribution in [0.2, 0.25) is 0 Å². The maximum atomic E-state index is 12.6. The van der Waals surface area contributed by atoms with Gasteiger partial charge in [-0.05, 0) is 32.3 Å². The second kappa shape index (κ2) is 7.93. The number of aryl methyl sites for hydroxylation is 1. The van der Waals surface area contributed by atoms with Crippen molar-refractivity contribution < 1.29 is 9.53 Å². The second-order valence-corrected chi connectivity index (χ2v) is 6.50. The quantitative estimate of drug-likeness (QED) is 0.841. The summed E-state index contributed by atoms with van der Waals surface area (Å²) in [5.41, 5.74) is 1.12. The molecule has 2 aliphatic heterocycles. The summed E-state index contributed by atoms with van der Waals surface area (Å²) >= 11 is 0. The van der Waals surface area contributed by atoms with Crippen LogP contribution in [0.15, 0.2) is 12.3 Å². The zero-order valence-electron chi connectivity index (χ0n) is 14.1. The molecule has 0 aliphatic carbocycles. The summed E-state index contributed by atoms with van der Waals surface area (Å²) in [4.78, 5) is 17.1. The fraction of sp³-hybridized carbons (Fsp3) is 0.765. The first-order valence-corrected chi connectivity index (χ1v) is 8.87. The molecule has 3 rings (SSSR count). The fourth-order valence-electron chi connectivity index (χ4n) is 3.45. The van der Waals surface area contributed by atoms with Crippen LogP contribution >= 0.6 is 0 Å². The average Bonchev–Trinajstić information content (AvgIpc) is 2.92. The highest BCUT2D eigenvalue weighted by molar-refractivity contribution is 5.79. The molecule has 1 aromatic heterocycles. The minimum atomic E-state index is 0.176. The SMILES string of the molecule is CCn1ccc(CN2CCCN(C(=O)C3CCOCC3)CC2)n1. The molecule has 0 bridgehead atoms. The summed E-state index contributed by atoms with van der Waals surface area (Å²) in [5, 5.41) is 4.56. The molecule has 2 saturated heterocycles. The number of hydrogen-bond donors (Lipinski definition) is 0. The first-order valence-electron chi connectivity index (χ1n) is 8.87. The third-order valence-electron chi connectivity index (χ3n) is 4.88. The van der Waals surface area contributed by atoms with Crippen LogP contribution in [-0.4, -0.2) is 64.9 Å². The highest BCUT2D eigenvalue weighted by atomic mass is 16.5. The van der Waals surface area contributed by atoms with Gasteiger partial charge in [-0.3, -0.25) is 14.4 Å². The first kappa shape index (κ1) is 16.5. The van der Waals surface area contributed by atoms with Crippen LogP contribution in [-0.2, 0) is 22.6 Å². The Kier molecular flexibility index (Phi) is 5.67. The van der Waals surface area contributed by atoms with E-state index in [1.54, 1.807) is 0 Å². The number of carbonyl (C=O) groups is 1. The summed E-state index contributed by atoms with van der Waals surface area (Å²) in [6, 6.07) is 2.10. The Morgan fingerprint density at radius 3 is 2.83 bits per heavy atom. The molecule has 6 nitrogen and oxygen atoms in total. The molecule has 1 aromatic rings. The van der Waals surface area contributed by atoms with Gasteiger partial charge in [-0.2, -0.15) is 5.10 Å². The minimum absolute atomic E-state index is 0.176. The summed E-state index contributed by atoms with van der Waals surface area (Å²) in [5.74, 6) is 0.515. The molecule has 2 aliphatic rings. The Bertz CT molecular complexity index is 510. The molecule has 6 heteroatoms. The van der Waals surface area contributed by atoms with Gasteiger partial charge in [0.05, 0.1) is 5.69 Å². The summed E-state index contributed by atoms with van der Waals surface area (Å²) < 4.78 is 7.34. The average molecular weight is 320 g/mol. The van der Waals surface area contributed by atoms with Gasteiger partial charge < -0.3 is 9.64 Å². The molecule has 0 atom stereocenters. The zero-order valence-corrected chi connectivity index (χ0v) is 14.1. The van der Waals surface area contributed by atoms with Crippen LogP contribution in [0.4, 0.5) is 0 Å². The van der Waals surface area contributed by atoms with Crippen LogP contribution in [0.25, 0.3) is 0 Å². The Hall–Kier alpha value is -1.40. The summed E-state index contributed by atoms with van der Waals surface area (Å²) in [7, 11) is 0. The van der Waals surface area contributed by atoms with Gasteiger partial charge in [0.15, 0.2) is 0 Å². The number of ether oxygens (including phenoxy) is 1. The number of aromatic nitrogens is 2. The van der Waals surface area contributed by atoms with E-state index >= 15 is 0 Å². The third-order valence-corrected chi connectivity index (χ3v) is 4.88. The first-order chi connectivity index (χ1) is 11.3. The molecule has 0 aromatic carbocycles. The van der Waals surface area contributed by atoms with Gasteiger partial charge in [-0.1, -0.05) is 0 Å². The lowest BCUT2D eigenvalue weighted by molar-refractivity contribution is -0.138. The molecule has 0 radical (unpaired) electrons. The maximum Gasteiger partial charge on any atom is 0.225 e. The lowest BCUT2D eigenvalue weighted by Gasteiger charge is -2.28. The van der Waals surface area contributed by atoms with E-state index in [-0.39, 0.29) is 5.92 Å². The van der Waals surface area contributed by atoms with Crippen molar-refractivity contribution in [3.05, 3.63) is 18.0 Å². The van der Waals surface area contributed by atoms with Crippen molar-refractivity contribution in [2.45, 2.75) is 39.3 Å². The van der Waals surface area contributed by atoms with Crippen molar-refractivity contribution in [2.24, 2.45) is 5.92 Å². The van der Waals surface area contributed by atoms with E-state index in [0.29, 0.717) is 5.91 Å². The topological polar surface area (TPSA) is 50.6 Å². The third kappa shape index (κ3) is 4.32. The van der Waals surface area contributed by atoms with Gasteiger partial charge in [-0.25, -0.2) is 0 Å². The summed E-state index contributed by atoms with van der Waals surface area (Å²) in [6.07, 6.45) is 4.85. The fourth-order valence-corrected chi connectivity index (χ4v) is 3.45. The predicted molar refractivity (Wildman–Crippen MR) is 87.9 cm³/mol. The standard InChI is InChI=1S/C17H28N4O2/c1-2-21-9-4-16(18-21)14-19-7-3-8-20(11-10-19)17(22)15-5-12-23-13-6-15/h4,9,15H,2-3,5-8,10-14H2,1H3. The highest BCUT2D eigenvalue weighted by Crippen LogP contribution is 2.19. The monoisotopic (exact) mass is 320 g/mol. The van der Waals surface area contributed by atoms with Gasteiger partial charge in [0, 0.05) is 64.6 Å². The number of carbonyl (C=O) groups excluding carboxylic acids is 1. The molecule has 0 spiro atoms. The molecular formula is C17H28N4O2. The van der Waals surface area contributed by atoms with Crippen LogP contribution in [0.3, 0.4) is 0 Å². The lowest BCUT2D eigenvalue weighted by atomic mass is 9.98. The zero-order chi connectivity index (χ0) is 16.1. The smallest absolute Gasteiger partial charge is 0.225 e. The Morgan fingerprint density at radius 1 is 1.26 bits per heavy atom. The molecule has 23 heavy (non-hydrogen) atoms. The minimum Gasteiger partial charge on any atom is -0.381 e. The number of hydrogen-bond acceptors (Lipinski definition) is 4. The lowest BCUT2D eigenvalue weighted by Crippen LogP contribution is -2.40. The molecular weight excluding hydrogens is 292 g/mol. The Labute approximate surface area is 138 Å². The summed E-state index contributed by atoms with van der Waals surface area (Å²) in [6.45, 7) is 9.06. The van der Waals surface area contributed by atoms with Gasteiger partial charge in [-0.15, -0.1) is 0 Å². The largest absolute Gasteiger partial charge is 0.381 e. The van der Waals surface area contributed by atoms with E-state index in [2.05, 4.69) is 27.9 Å². The molecule has 128 valence electrons. The van der Waals surface area contributed by atoms with E-state index in [4.69, 9.17) is 4.74 Å². The van der Waals surface area contributed by atoms with Crippen LogP contribution in [0.1, 0.15) is 31.9 Å². The van der Waals surface area contributed by atoms with Gasteiger partial charge >= 0.3 is 0 Å². The molecule has 1 amide bonds. The van der Waals surface area contributed by atoms with E-state index in [1.807, 2.05) is 10.9 Å². The van der Waals surface area contributed by atoms with E-state index in [1.165, 1.54) is 0 Å². The predicted octanol–water partition coefficient (Wildman–Crippen LogP) is 1.36. The normalized spacial score (nSPS) is 21.3. The Balaban J connectivity index is 1.51. The Morgan fingerprint density at radius 2 is 2.09 bits per heavy atom. The van der Waals surface area contributed by atoms with Crippen molar-refractivity contribution in [1.29, 1.82) is 0 Å². The van der Waals surface area contributed by atoms with Gasteiger partial charge in [0.25, 0.3) is 0 Å². The molecule has 0 unspecified atom stereocenters. The number of amides is 1. The molecule has 0 saturated carbocycles. The van der Waals surface area contributed by atoms with Crippen LogP contribution < -0.4 is 0 Å². The van der Waals surface area contributed by atoms with Crippen molar-refractivity contribution in [1.82, 2.24) is 19.6 Å². The molecule has 2 fully saturated rings. The van der Waals surface area contributed by atoms with E-state index < -0.39 is 0 Å². The maximum absolute atomic E-state index is 12.6.